The Balaban J connectivity index is 0.535. The van der Waals surface area contributed by atoms with Crippen molar-refractivity contribution < 1.29 is 128 Å². The molecule has 148 heavy (non-hydrogen) atoms. The minimum Gasteiger partial charge on any atom is -0.748 e. The van der Waals surface area contributed by atoms with Gasteiger partial charge in [-0.3, -0.25) is 27.6 Å². The summed E-state index contributed by atoms with van der Waals surface area (Å²) in [6.45, 7) is 19.6. The van der Waals surface area contributed by atoms with Crippen molar-refractivity contribution in [2.45, 2.75) is 187 Å². The summed E-state index contributed by atoms with van der Waals surface area (Å²) in [5.41, 5.74) is 7.90. The third-order valence-electron chi connectivity index (χ3n) is 27.3. The number of unbranched alkanes of at least 4 members (excludes halogenated alkanes) is 5. The van der Waals surface area contributed by atoms with E-state index >= 15 is 0 Å². The Bertz CT molecular complexity index is 7940. The van der Waals surface area contributed by atoms with Crippen molar-refractivity contribution in [2.24, 2.45) is 0 Å². The van der Waals surface area contributed by atoms with Gasteiger partial charge in [-0.2, -0.15) is 51.2 Å². The Morgan fingerprint density at radius 2 is 0.993 bits per heavy atom. The molecule has 0 aliphatic carbocycles. The number of fused-ring (bicyclic) bond motifs is 12. The molecule has 4 aliphatic rings. The van der Waals surface area contributed by atoms with Gasteiger partial charge in [0.05, 0.1) is 113 Å². The van der Waals surface area contributed by atoms with Crippen LogP contribution in [0.25, 0.3) is 48.7 Å². The molecule has 43 heteroatoms. The lowest BCUT2D eigenvalue weighted by Gasteiger charge is -2.27. The molecular weight excluding hydrogens is 2040 g/mol. The Hall–Kier alpha value is -11.5. The van der Waals surface area contributed by atoms with Gasteiger partial charge in [0, 0.05) is 124 Å². The molecule has 14 rings (SSSR count). The number of nitrogens with one attached hydrogen (secondary N) is 2. The smallest absolute Gasteiger partial charge is 0.407 e. The van der Waals surface area contributed by atoms with Crippen molar-refractivity contribution in [3.8, 4) is 0 Å². The van der Waals surface area contributed by atoms with Crippen LogP contribution in [-0.4, -0.2) is 235 Å². The number of ether oxygens (including phenoxy) is 4. The molecule has 0 unspecified atom stereocenters. The van der Waals surface area contributed by atoms with E-state index in [4.69, 9.17) is 18.9 Å². The average Bonchev–Trinajstić information content (AvgIpc) is 1.54. The number of allylic oxidation sites excluding steroid dienone is 12. The lowest BCUT2D eigenvalue weighted by molar-refractivity contribution is -0.438. The maximum atomic E-state index is 13.3. The van der Waals surface area contributed by atoms with E-state index in [2.05, 4.69) is 155 Å². The molecule has 0 bridgehead atoms. The van der Waals surface area contributed by atoms with Crippen LogP contribution in [0.5, 0.6) is 0 Å². The van der Waals surface area contributed by atoms with Crippen LogP contribution in [0.3, 0.4) is 0 Å². The fourth-order valence-electron chi connectivity index (χ4n) is 20.5. The molecule has 9 aromatic carbocycles. The number of hydrogen-bond acceptors (Lipinski definition) is 26. The summed E-state index contributed by atoms with van der Waals surface area (Å²) in [5.74, 6) is -2.09. The molecule has 7 N–H and O–H groups in total. The number of aryl methyl sites for hydroxylation is 1. The van der Waals surface area contributed by atoms with Crippen LogP contribution in [0.4, 0.5) is 27.5 Å². The van der Waals surface area contributed by atoms with Crippen LogP contribution in [0.2, 0.25) is 0 Å². The number of rotatable bonds is 50. The van der Waals surface area contributed by atoms with E-state index < -0.39 is 125 Å². The number of nitrogens with zero attached hydrogens (tertiary/aromatic N) is 7. The minimum atomic E-state index is -5.43. The summed E-state index contributed by atoms with van der Waals surface area (Å²) in [7, 11) is -34.4. The first-order valence-corrected chi connectivity index (χ1v) is 59.1. The second kappa shape index (κ2) is 46.2. The molecule has 10 aromatic rings. The molecular formula is C105H123N9O27S7. The molecule has 0 spiro atoms. The predicted octanol–water partition coefficient (Wildman–Crippen LogP) is 15.4. The summed E-state index contributed by atoms with van der Waals surface area (Å²) < 4.78 is 279. The normalized spacial score (nSPS) is 16.4. The van der Waals surface area contributed by atoms with E-state index in [9.17, 15) is 100 Å². The van der Waals surface area contributed by atoms with E-state index in [0.29, 0.717) is 123 Å². The van der Waals surface area contributed by atoms with Crippen LogP contribution < -0.4 is 20.4 Å². The Kier molecular flexibility index (Phi) is 35.0. The van der Waals surface area contributed by atoms with Gasteiger partial charge in [-0.05, 0) is 206 Å². The molecule has 0 radical (unpaired) electrons. The minimum absolute atomic E-state index is 0.0355. The zero-order valence-corrected chi connectivity index (χ0v) is 89.1. The van der Waals surface area contributed by atoms with E-state index in [1.54, 1.807) is 84.5 Å². The molecule has 0 fully saturated rings. The van der Waals surface area contributed by atoms with Gasteiger partial charge in [0.1, 0.15) is 33.8 Å². The van der Waals surface area contributed by atoms with Crippen molar-refractivity contribution in [3.63, 3.8) is 0 Å². The molecule has 0 atom stereocenters. The summed E-state index contributed by atoms with van der Waals surface area (Å²) >= 11 is 0. The number of hydrogen-bond donors (Lipinski definition) is 7. The van der Waals surface area contributed by atoms with Crippen molar-refractivity contribution in [3.05, 3.63) is 257 Å². The van der Waals surface area contributed by atoms with Crippen molar-refractivity contribution in [2.75, 3.05) is 106 Å². The Morgan fingerprint density at radius 1 is 0.453 bits per heavy atom. The molecule has 5 heterocycles. The molecule has 1 aromatic heterocycles. The van der Waals surface area contributed by atoms with Gasteiger partial charge in [-0.15, -0.1) is 5.10 Å². The van der Waals surface area contributed by atoms with E-state index in [0.717, 1.165) is 60.3 Å². The first-order valence-electron chi connectivity index (χ1n) is 48.6. The van der Waals surface area contributed by atoms with Gasteiger partial charge >= 0.3 is 6.09 Å². The quantitative estimate of drug-likeness (QED) is 0.00806. The van der Waals surface area contributed by atoms with Gasteiger partial charge in [0.25, 0.3) is 50.6 Å². The van der Waals surface area contributed by atoms with Crippen molar-refractivity contribution >= 4 is 166 Å². The highest BCUT2D eigenvalue weighted by atomic mass is 32.2. The third kappa shape index (κ3) is 26.9. The molecule has 4 aliphatic heterocycles. The molecule has 0 saturated carbocycles. The molecule has 36 nitrogen and oxygen atoms in total. The number of carbonyl (C=O) groups excluding carboxylic acids is 2. The fourth-order valence-corrected chi connectivity index (χ4v) is 24.7. The zero-order chi connectivity index (χ0) is 107. The summed E-state index contributed by atoms with van der Waals surface area (Å²) in [6.07, 6.45) is 23.9. The molecule has 2 amide bonds. The van der Waals surface area contributed by atoms with Crippen molar-refractivity contribution in [1.29, 1.82) is 0 Å². The Morgan fingerprint density at radius 3 is 1.63 bits per heavy atom. The number of carbonyl (C=O) groups is 2. The number of alkyl carbamates (subject to hydrolysis) is 1. The van der Waals surface area contributed by atoms with Gasteiger partial charge in [0.15, 0.2) is 11.4 Å². The van der Waals surface area contributed by atoms with Crippen LogP contribution in [0.15, 0.2) is 237 Å². The lowest BCUT2D eigenvalue weighted by atomic mass is 9.78. The highest BCUT2D eigenvalue weighted by molar-refractivity contribution is 7.87. The van der Waals surface area contributed by atoms with Gasteiger partial charge < -0.3 is 48.5 Å². The molecule has 0 saturated heterocycles. The fraction of sp³-hybridized carbons (Fsp3) is 0.390. The first-order chi connectivity index (χ1) is 69.7. The molecule has 792 valence electrons. The van der Waals surface area contributed by atoms with Gasteiger partial charge in [0.2, 0.25) is 17.3 Å². The highest BCUT2D eigenvalue weighted by Crippen LogP contribution is 2.55. The van der Waals surface area contributed by atoms with Gasteiger partial charge in [-0.25, -0.2) is 26.3 Å². The van der Waals surface area contributed by atoms with Crippen LogP contribution in [0.1, 0.15) is 165 Å². The van der Waals surface area contributed by atoms with E-state index in [1.165, 1.54) is 62.9 Å². The number of amides is 2. The SMILES string of the molecule is CC1(C)C(/C=C/C=C/C=C2/N(CCCCCCOC(=O)NCCOCCOCCOCCn3cc(CNC(=O)CCCCc4cccc(C(=C\C=C5\N(CCCS(=O)(=O)O)c6ccc7c(S(=O)(=O)O)cc(S(=O)(=O)O)cc7c6C5(C)C)/C=C/C5=[N+](CCCS(=O)(=O)O)c6ccc7c(S(=O)(=O)[O-])cc(S(=O)(=O)O)cc7c6C5(C)C)c4)nn3)c3ccc4ccccc4c3C2(C)C)=[N+](CCCCS(=O)(=O)[O-])c2ccc3ccccc3c21. The van der Waals surface area contributed by atoms with Crippen molar-refractivity contribution in [1.82, 2.24) is 25.6 Å². The predicted molar refractivity (Wildman–Crippen MR) is 563 cm³/mol. The number of anilines is 2. The monoisotopic (exact) mass is 2170 g/mol. The largest absolute Gasteiger partial charge is 0.748 e. The van der Waals surface area contributed by atoms with E-state index in [1.807, 2.05) is 18.2 Å². The number of aromatic nitrogens is 3. The average molecular weight is 2170 g/mol. The third-order valence-corrected chi connectivity index (χ3v) is 33.1. The van der Waals surface area contributed by atoms with Crippen LogP contribution in [0, 0.1) is 0 Å². The standard InChI is InChI=1S/C105H123N9O27S7/c1-102(2)92(34-12-11-13-35-93-103(3,4)98-81-33-18-16-30-75(81)38-44-87(98)112(93)51-21-23-62-142(117,118)119)111(86-43-37-74-29-15-17-32-80(74)97(86)102)50-20-9-10-22-55-141-101(116)106-49-56-138-58-60-140-61-59-139-57-54-110-71-77(108-109-110)70-107-96(115)36-19-14-27-72-28-24-31-76(65-72)73(39-47-94-104(5,6)99-84-66-78(145(126,127)128)68-90(147(132,133)134)82(84)41-45-88(99)113(94)52-25-63-143(120,121)122)40-48-95-105(7,8)100-85-67-79(146(129,130)131)69-91(148(135,136)137)83(85)42-46-89(100)114(95)53-26-64-144(123,124)125/h11-13,15-18,24,28-35,37-48,65-69,71H,9-10,14,19-23,25-27,36,49-64,70H2,1-8H3,(H7-2,106,107,115,116,117,118,119,120,121,122,123,124,125,126,127,128,129,130,131,132,133,134,135,136,137). The summed E-state index contributed by atoms with van der Waals surface area (Å²) in [4.78, 5) is 26.5. The Labute approximate surface area is 863 Å². The maximum Gasteiger partial charge on any atom is 0.407 e. The van der Waals surface area contributed by atoms with Crippen LogP contribution in [-0.2, 0) is 136 Å². The second-order valence-corrected chi connectivity index (χ2v) is 49.3. The van der Waals surface area contributed by atoms with E-state index in [-0.39, 0.29) is 121 Å². The highest BCUT2D eigenvalue weighted by Gasteiger charge is 2.49. The lowest BCUT2D eigenvalue weighted by Crippen LogP contribution is -2.28. The zero-order valence-electron chi connectivity index (χ0n) is 83.3. The first kappa shape index (κ1) is 112. The topological polar surface area (TPSA) is 525 Å². The maximum absolute atomic E-state index is 13.3. The number of benzene rings is 9. The van der Waals surface area contributed by atoms with Gasteiger partial charge in [-0.1, -0.05) is 149 Å². The summed E-state index contributed by atoms with van der Waals surface area (Å²) in [5, 5.41) is 18.3. The van der Waals surface area contributed by atoms with Crippen LogP contribution >= 0.6 is 0 Å². The second-order valence-electron chi connectivity index (χ2n) is 39.1. The summed E-state index contributed by atoms with van der Waals surface area (Å²) in [6, 6.07) is 41.6.